The van der Waals surface area contributed by atoms with E-state index in [0.717, 1.165) is 12.8 Å². The molecule has 0 bridgehead atoms. The molecule has 1 fully saturated rings. The van der Waals surface area contributed by atoms with Crippen molar-refractivity contribution in [3.8, 4) is 0 Å². The van der Waals surface area contributed by atoms with Crippen molar-refractivity contribution in [2.75, 3.05) is 0 Å². The Kier molecular flexibility index (Phi) is 3.89. The number of nitrogens with one attached hydrogen (secondary N) is 1. The average molecular weight is 211 g/mol. The first-order chi connectivity index (χ1) is 6.89. The molecule has 1 unspecified atom stereocenters. The number of carbonyl (C=O) groups is 2. The van der Waals surface area contributed by atoms with Crippen LogP contribution in [0.2, 0.25) is 0 Å². The Hall–Kier alpha value is -0.860. The highest BCUT2D eigenvalue weighted by Crippen LogP contribution is 2.36. The SMILES string of the molecule is CC(=O)CCC(=O)NC1CCC(C)(C)C1. The summed E-state index contributed by atoms with van der Waals surface area (Å²) in [7, 11) is 0. The summed E-state index contributed by atoms with van der Waals surface area (Å²) in [6.07, 6.45) is 4.00. The fraction of sp³-hybridized carbons (Fsp3) is 0.833. The van der Waals surface area contributed by atoms with Crippen LogP contribution in [0.4, 0.5) is 0 Å². The van der Waals surface area contributed by atoms with Crippen molar-refractivity contribution in [3.05, 3.63) is 0 Å². The van der Waals surface area contributed by atoms with Gasteiger partial charge in [-0.25, -0.2) is 0 Å². The lowest BCUT2D eigenvalue weighted by Gasteiger charge is -2.17. The van der Waals surface area contributed by atoms with Crippen molar-refractivity contribution in [3.63, 3.8) is 0 Å². The Morgan fingerprint density at radius 3 is 2.47 bits per heavy atom. The Balaban J connectivity index is 2.25. The zero-order chi connectivity index (χ0) is 11.5. The van der Waals surface area contributed by atoms with E-state index < -0.39 is 0 Å². The quantitative estimate of drug-likeness (QED) is 0.773. The predicted molar refractivity (Wildman–Crippen MR) is 59.5 cm³/mol. The van der Waals surface area contributed by atoms with E-state index in [1.165, 1.54) is 13.3 Å². The van der Waals surface area contributed by atoms with Crippen LogP contribution in [0.25, 0.3) is 0 Å². The Labute approximate surface area is 91.6 Å². The predicted octanol–water partition coefficient (Wildman–Crippen LogP) is 2.05. The van der Waals surface area contributed by atoms with Gasteiger partial charge in [0.2, 0.25) is 5.91 Å². The minimum atomic E-state index is 0.0212. The van der Waals surface area contributed by atoms with E-state index >= 15 is 0 Å². The van der Waals surface area contributed by atoms with Gasteiger partial charge in [0, 0.05) is 18.9 Å². The van der Waals surface area contributed by atoms with Crippen molar-refractivity contribution >= 4 is 11.7 Å². The van der Waals surface area contributed by atoms with Crippen molar-refractivity contribution in [2.45, 2.75) is 58.9 Å². The van der Waals surface area contributed by atoms with Gasteiger partial charge in [0.15, 0.2) is 0 Å². The molecule has 0 radical (unpaired) electrons. The smallest absolute Gasteiger partial charge is 0.220 e. The van der Waals surface area contributed by atoms with Gasteiger partial charge in [-0.05, 0) is 31.6 Å². The van der Waals surface area contributed by atoms with E-state index in [1.54, 1.807) is 0 Å². The average Bonchev–Trinajstić information content (AvgIpc) is 2.42. The summed E-state index contributed by atoms with van der Waals surface area (Å²) >= 11 is 0. The Bertz CT molecular complexity index is 258. The zero-order valence-corrected chi connectivity index (χ0v) is 9.93. The van der Waals surface area contributed by atoms with Crippen LogP contribution in [0.1, 0.15) is 52.9 Å². The van der Waals surface area contributed by atoms with E-state index in [4.69, 9.17) is 0 Å². The van der Waals surface area contributed by atoms with Gasteiger partial charge in [-0.15, -0.1) is 0 Å². The van der Waals surface area contributed by atoms with Crippen molar-refractivity contribution in [1.82, 2.24) is 5.32 Å². The Morgan fingerprint density at radius 1 is 1.33 bits per heavy atom. The van der Waals surface area contributed by atoms with Gasteiger partial charge in [-0.2, -0.15) is 0 Å². The lowest BCUT2D eigenvalue weighted by molar-refractivity contribution is -0.125. The van der Waals surface area contributed by atoms with Crippen LogP contribution >= 0.6 is 0 Å². The Morgan fingerprint density at radius 2 is 2.00 bits per heavy atom. The van der Waals surface area contributed by atoms with Gasteiger partial charge < -0.3 is 10.1 Å². The van der Waals surface area contributed by atoms with Crippen LogP contribution < -0.4 is 5.32 Å². The van der Waals surface area contributed by atoms with Crippen LogP contribution in [0.15, 0.2) is 0 Å². The summed E-state index contributed by atoms with van der Waals surface area (Å²) < 4.78 is 0. The first-order valence-electron chi connectivity index (χ1n) is 5.68. The largest absolute Gasteiger partial charge is 0.353 e. The molecule has 1 N–H and O–H groups in total. The summed E-state index contributed by atoms with van der Waals surface area (Å²) in [4.78, 5) is 22.2. The van der Waals surface area contributed by atoms with Crippen LogP contribution in [0.5, 0.6) is 0 Å². The fourth-order valence-electron chi connectivity index (χ4n) is 2.15. The highest BCUT2D eigenvalue weighted by molar-refractivity contribution is 5.83. The zero-order valence-electron chi connectivity index (χ0n) is 9.93. The summed E-state index contributed by atoms with van der Waals surface area (Å²) in [5.74, 6) is 0.102. The number of rotatable bonds is 4. The number of hydrogen-bond donors (Lipinski definition) is 1. The molecular formula is C12H21NO2. The molecule has 1 rings (SSSR count). The maximum absolute atomic E-state index is 11.5. The molecule has 1 atom stereocenters. The summed E-state index contributed by atoms with van der Waals surface area (Å²) in [5, 5.41) is 3.00. The first kappa shape index (κ1) is 12.2. The summed E-state index contributed by atoms with van der Waals surface area (Å²) in [6.45, 7) is 5.98. The van der Waals surface area contributed by atoms with Gasteiger partial charge in [0.25, 0.3) is 0 Å². The molecule has 86 valence electrons. The molecule has 1 aliphatic carbocycles. The molecular weight excluding hydrogens is 190 g/mol. The second-order valence-corrected chi connectivity index (χ2v) is 5.37. The monoisotopic (exact) mass is 211 g/mol. The molecule has 0 aromatic heterocycles. The van der Waals surface area contributed by atoms with E-state index in [2.05, 4.69) is 19.2 Å². The third-order valence-electron chi connectivity index (χ3n) is 3.04. The maximum atomic E-state index is 11.5. The molecule has 0 aromatic carbocycles. The number of amides is 1. The van der Waals surface area contributed by atoms with Gasteiger partial charge in [-0.1, -0.05) is 13.8 Å². The number of hydrogen-bond acceptors (Lipinski definition) is 2. The maximum Gasteiger partial charge on any atom is 0.220 e. The first-order valence-corrected chi connectivity index (χ1v) is 5.68. The molecule has 0 saturated heterocycles. The topological polar surface area (TPSA) is 46.2 Å². The fourth-order valence-corrected chi connectivity index (χ4v) is 2.15. The standard InChI is InChI=1S/C12H21NO2/c1-9(14)4-5-11(15)13-10-6-7-12(2,3)8-10/h10H,4-8H2,1-3H3,(H,13,15). The van der Waals surface area contributed by atoms with E-state index in [0.29, 0.717) is 24.3 Å². The molecule has 1 amide bonds. The number of Topliss-reactive ketones (excluding diaryl/α,β-unsaturated/α-hetero) is 1. The van der Waals surface area contributed by atoms with Gasteiger partial charge in [0.05, 0.1) is 0 Å². The third kappa shape index (κ3) is 4.45. The molecule has 3 heteroatoms. The lowest BCUT2D eigenvalue weighted by Crippen LogP contribution is -2.33. The van der Waals surface area contributed by atoms with E-state index in [9.17, 15) is 9.59 Å². The minimum Gasteiger partial charge on any atom is -0.353 e. The second-order valence-electron chi connectivity index (χ2n) is 5.37. The third-order valence-corrected chi connectivity index (χ3v) is 3.04. The molecule has 0 heterocycles. The molecule has 15 heavy (non-hydrogen) atoms. The van der Waals surface area contributed by atoms with E-state index in [-0.39, 0.29) is 11.7 Å². The molecule has 1 saturated carbocycles. The molecule has 0 spiro atoms. The van der Waals surface area contributed by atoms with Crippen LogP contribution in [-0.4, -0.2) is 17.7 Å². The molecule has 0 aromatic rings. The lowest BCUT2D eigenvalue weighted by atomic mass is 9.92. The van der Waals surface area contributed by atoms with Crippen LogP contribution in [0.3, 0.4) is 0 Å². The number of carbonyl (C=O) groups excluding carboxylic acids is 2. The van der Waals surface area contributed by atoms with Gasteiger partial charge >= 0.3 is 0 Å². The number of ketones is 1. The molecule has 3 nitrogen and oxygen atoms in total. The summed E-state index contributed by atoms with van der Waals surface area (Å²) in [5.41, 5.74) is 0.360. The molecule has 1 aliphatic rings. The highest BCUT2D eigenvalue weighted by Gasteiger charge is 2.31. The van der Waals surface area contributed by atoms with Gasteiger partial charge in [0.1, 0.15) is 5.78 Å². The summed E-state index contributed by atoms with van der Waals surface area (Å²) in [6, 6.07) is 0.319. The van der Waals surface area contributed by atoms with Gasteiger partial charge in [-0.3, -0.25) is 4.79 Å². The normalized spacial score (nSPS) is 23.8. The van der Waals surface area contributed by atoms with Crippen LogP contribution in [0, 0.1) is 5.41 Å². The second kappa shape index (κ2) is 4.77. The van der Waals surface area contributed by atoms with E-state index in [1.807, 2.05) is 0 Å². The van der Waals surface area contributed by atoms with Crippen molar-refractivity contribution < 1.29 is 9.59 Å². The van der Waals surface area contributed by atoms with Crippen LogP contribution in [-0.2, 0) is 9.59 Å². The highest BCUT2D eigenvalue weighted by atomic mass is 16.2. The minimum absolute atomic E-state index is 0.0212. The van der Waals surface area contributed by atoms with Crippen molar-refractivity contribution in [2.24, 2.45) is 5.41 Å². The van der Waals surface area contributed by atoms with Crippen molar-refractivity contribution in [1.29, 1.82) is 0 Å². The molecule has 0 aliphatic heterocycles.